The van der Waals surface area contributed by atoms with Crippen molar-refractivity contribution in [3.63, 3.8) is 0 Å². The number of carbonyl (C=O) groups is 1. The number of amides is 1. The van der Waals surface area contributed by atoms with Crippen LogP contribution in [0.4, 0.5) is 5.69 Å². The van der Waals surface area contributed by atoms with Gasteiger partial charge in [0.2, 0.25) is 0 Å². The number of aliphatic hydroxyl groups is 1. The van der Waals surface area contributed by atoms with Crippen LogP contribution >= 0.6 is 0 Å². The molecular formula is C16H24N2O4. The summed E-state index contributed by atoms with van der Waals surface area (Å²) >= 11 is 0. The van der Waals surface area contributed by atoms with Crippen LogP contribution < -0.4 is 5.32 Å². The van der Waals surface area contributed by atoms with Crippen molar-refractivity contribution in [2.75, 3.05) is 13.2 Å². The van der Waals surface area contributed by atoms with Gasteiger partial charge in [0.25, 0.3) is 11.6 Å². The molecule has 122 valence electrons. The number of aryl methyl sites for hydroxylation is 1. The lowest BCUT2D eigenvalue weighted by molar-refractivity contribution is -0.385. The van der Waals surface area contributed by atoms with Crippen LogP contribution in [0.5, 0.6) is 0 Å². The van der Waals surface area contributed by atoms with Gasteiger partial charge in [-0.1, -0.05) is 13.8 Å². The highest BCUT2D eigenvalue weighted by Gasteiger charge is 2.26. The lowest BCUT2D eigenvalue weighted by Gasteiger charge is -2.31. The maximum absolute atomic E-state index is 12.2. The van der Waals surface area contributed by atoms with E-state index in [4.69, 9.17) is 0 Å². The van der Waals surface area contributed by atoms with Gasteiger partial charge in [-0.25, -0.2) is 0 Å². The molecular weight excluding hydrogens is 284 g/mol. The van der Waals surface area contributed by atoms with Crippen molar-refractivity contribution in [3.8, 4) is 0 Å². The molecule has 0 radical (unpaired) electrons. The number of nitrogens with one attached hydrogen (secondary N) is 1. The predicted molar refractivity (Wildman–Crippen MR) is 84.9 cm³/mol. The standard InChI is InChI=1S/C16H24N2O4/c1-4-16(5-2,8-9-19)11-17-15(20)13-6-7-14(18(21)22)12(3)10-13/h6-7,10,19H,4-5,8-9,11H2,1-3H3,(H,17,20). The smallest absolute Gasteiger partial charge is 0.272 e. The molecule has 6 nitrogen and oxygen atoms in total. The summed E-state index contributed by atoms with van der Waals surface area (Å²) in [7, 11) is 0. The van der Waals surface area contributed by atoms with Gasteiger partial charge in [0, 0.05) is 30.3 Å². The van der Waals surface area contributed by atoms with E-state index >= 15 is 0 Å². The summed E-state index contributed by atoms with van der Waals surface area (Å²) in [5.41, 5.74) is 0.770. The molecule has 0 aliphatic heterocycles. The van der Waals surface area contributed by atoms with Crippen LogP contribution in [0, 0.1) is 22.5 Å². The molecule has 22 heavy (non-hydrogen) atoms. The van der Waals surface area contributed by atoms with Crippen molar-refractivity contribution in [3.05, 3.63) is 39.4 Å². The summed E-state index contributed by atoms with van der Waals surface area (Å²) in [5.74, 6) is -0.248. The highest BCUT2D eigenvalue weighted by molar-refractivity contribution is 5.94. The number of hydrogen-bond acceptors (Lipinski definition) is 4. The zero-order chi connectivity index (χ0) is 16.8. The maximum Gasteiger partial charge on any atom is 0.272 e. The molecule has 1 rings (SSSR count). The minimum absolute atomic E-state index is 0.00768. The second kappa shape index (κ2) is 7.89. The molecule has 0 saturated carbocycles. The van der Waals surface area contributed by atoms with E-state index in [-0.39, 0.29) is 23.6 Å². The van der Waals surface area contributed by atoms with E-state index in [0.717, 1.165) is 12.8 Å². The Balaban J connectivity index is 2.81. The van der Waals surface area contributed by atoms with Gasteiger partial charge in [-0.15, -0.1) is 0 Å². The summed E-state index contributed by atoms with van der Waals surface area (Å²) in [6.07, 6.45) is 2.37. The third kappa shape index (κ3) is 4.27. The van der Waals surface area contributed by atoms with E-state index in [0.29, 0.717) is 24.1 Å². The molecule has 0 saturated heterocycles. The van der Waals surface area contributed by atoms with Crippen molar-refractivity contribution in [2.24, 2.45) is 5.41 Å². The fourth-order valence-corrected chi connectivity index (χ4v) is 2.55. The number of nitrogens with zero attached hydrogens (tertiary/aromatic N) is 1. The van der Waals surface area contributed by atoms with Gasteiger partial charge < -0.3 is 10.4 Å². The molecule has 0 heterocycles. The van der Waals surface area contributed by atoms with Crippen molar-refractivity contribution in [2.45, 2.75) is 40.0 Å². The Morgan fingerprint density at radius 2 is 2.00 bits per heavy atom. The van der Waals surface area contributed by atoms with Crippen molar-refractivity contribution >= 4 is 11.6 Å². The van der Waals surface area contributed by atoms with Gasteiger partial charge in [-0.3, -0.25) is 14.9 Å². The molecule has 1 aromatic carbocycles. The molecule has 1 aromatic rings. The molecule has 0 unspecified atom stereocenters. The fraction of sp³-hybridized carbons (Fsp3) is 0.562. The van der Waals surface area contributed by atoms with Gasteiger partial charge in [0.15, 0.2) is 0 Å². The Morgan fingerprint density at radius 3 is 2.45 bits per heavy atom. The molecule has 6 heteroatoms. The van der Waals surface area contributed by atoms with Crippen LogP contribution in [0.25, 0.3) is 0 Å². The summed E-state index contributed by atoms with van der Waals surface area (Å²) in [6, 6.07) is 4.34. The lowest BCUT2D eigenvalue weighted by atomic mass is 9.79. The number of nitro groups is 1. The number of hydrogen-bond donors (Lipinski definition) is 2. The Kier molecular flexibility index (Phi) is 6.49. The molecule has 0 atom stereocenters. The van der Waals surface area contributed by atoms with Gasteiger partial charge in [0.05, 0.1) is 4.92 Å². The zero-order valence-corrected chi connectivity index (χ0v) is 13.4. The Hall–Kier alpha value is -1.95. The van der Waals surface area contributed by atoms with Crippen molar-refractivity contribution in [1.82, 2.24) is 5.32 Å². The van der Waals surface area contributed by atoms with Gasteiger partial charge in [0.1, 0.15) is 0 Å². The van der Waals surface area contributed by atoms with Crippen LogP contribution in [-0.4, -0.2) is 29.1 Å². The number of rotatable bonds is 8. The Morgan fingerprint density at radius 1 is 1.36 bits per heavy atom. The van der Waals surface area contributed by atoms with Crippen LogP contribution in [0.3, 0.4) is 0 Å². The first-order valence-electron chi connectivity index (χ1n) is 7.53. The van der Waals surface area contributed by atoms with Crippen LogP contribution in [-0.2, 0) is 0 Å². The lowest BCUT2D eigenvalue weighted by Crippen LogP contribution is -2.37. The number of benzene rings is 1. The quantitative estimate of drug-likeness (QED) is 0.570. The first-order chi connectivity index (χ1) is 10.4. The van der Waals surface area contributed by atoms with E-state index in [1.165, 1.54) is 18.2 Å². The average molecular weight is 308 g/mol. The second-order valence-corrected chi connectivity index (χ2v) is 5.62. The van der Waals surface area contributed by atoms with Crippen LogP contribution in [0.2, 0.25) is 0 Å². The third-order valence-corrected chi connectivity index (χ3v) is 4.42. The molecule has 0 spiro atoms. The van der Waals surface area contributed by atoms with Crippen molar-refractivity contribution < 1.29 is 14.8 Å². The fourth-order valence-electron chi connectivity index (χ4n) is 2.55. The summed E-state index contributed by atoms with van der Waals surface area (Å²) < 4.78 is 0. The van der Waals surface area contributed by atoms with E-state index < -0.39 is 4.92 Å². The van der Waals surface area contributed by atoms with Gasteiger partial charge in [-0.05, 0) is 43.7 Å². The molecule has 2 N–H and O–H groups in total. The average Bonchev–Trinajstić information content (AvgIpc) is 2.50. The summed E-state index contributed by atoms with van der Waals surface area (Å²) in [5, 5.41) is 22.9. The maximum atomic E-state index is 12.2. The number of carbonyl (C=O) groups excluding carboxylic acids is 1. The van der Waals surface area contributed by atoms with E-state index in [2.05, 4.69) is 5.32 Å². The van der Waals surface area contributed by atoms with E-state index in [1.54, 1.807) is 6.92 Å². The molecule has 0 fully saturated rings. The van der Waals surface area contributed by atoms with E-state index in [1.807, 2.05) is 13.8 Å². The highest BCUT2D eigenvalue weighted by Crippen LogP contribution is 2.29. The first kappa shape index (κ1) is 18.1. The first-order valence-corrected chi connectivity index (χ1v) is 7.53. The number of aliphatic hydroxyl groups excluding tert-OH is 1. The third-order valence-electron chi connectivity index (χ3n) is 4.42. The topological polar surface area (TPSA) is 92.5 Å². The van der Waals surface area contributed by atoms with E-state index in [9.17, 15) is 20.0 Å². The Bertz CT molecular complexity index is 539. The normalized spacial score (nSPS) is 11.3. The van der Waals surface area contributed by atoms with Crippen molar-refractivity contribution in [1.29, 1.82) is 0 Å². The summed E-state index contributed by atoms with van der Waals surface area (Å²) in [6.45, 7) is 6.27. The molecule has 0 bridgehead atoms. The monoisotopic (exact) mass is 308 g/mol. The van der Waals surface area contributed by atoms with Crippen LogP contribution in [0.15, 0.2) is 18.2 Å². The number of nitro benzene ring substituents is 1. The minimum atomic E-state index is -0.461. The largest absolute Gasteiger partial charge is 0.396 e. The zero-order valence-electron chi connectivity index (χ0n) is 13.4. The summed E-state index contributed by atoms with van der Waals surface area (Å²) in [4.78, 5) is 22.5. The molecule has 1 amide bonds. The molecule has 0 aliphatic carbocycles. The van der Waals surface area contributed by atoms with Gasteiger partial charge >= 0.3 is 0 Å². The highest BCUT2D eigenvalue weighted by atomic mass is 16.6. The second-order valence-electron chi connectivity index (χ2n) is 5.62. The predicted octanol–water partition coefficient (Wildman–Crippen LogP) is 2.82. The minimum Gasteiger partial charge on any atom is -0.396 e. The molecule has 0 aromatic heterocycles. The molecule has 0 aliphatic rings. The Labute approximate surface area is 130 Å². The SMILES string of the molecule is CCC(CC)(CCO)CNC(=O)c1ccc([N+](=O)[O-])c(C)c1. The van der Waals surface area contributed by atoms with Gasteiger partial charge in [-0.2, -0.15) is 0 Å². The van der Waals surface area contributed by atoms with Crippen LogP contribution in [0.1, 0.15) is 49.0 Å².